The summed E-state index contributed by atoms with van der Waals surface area (Å²) in [5.41, 5.74) is 4.55. The van der Waals surface area contributed by atoms with Crippen LogP contribution >= 0.6 is 0 Å². The van der Waals surface area contributed by atoms with Crippen molar-refractivity contribution >= 4 is 11.6 Å². The second-order valence-electron chi connectivity index (χ2n) is 4.21. The molecule has 0 aliphatic rings. The fourth-order valence-electron chi connectivity index (χ4n) is 2.05. The molecule has 0 atom stereocenters. The number of hydrogen-bond acceptors (Lipinski definition) is 2. The topological polar surface area (TPSA) is 57.8 Å². The van der Waals surface area contributed by atoms with Crippen molar-refractivity contribution in [1.29, 1.82) is 0 Å². The Labute approximate surface area is 100 Å². The summed E-state index contributed by atoms with van der Waals surface area (Å²) in [6.45, 7) is 5.92. The molecule has 0 fully saturated rings. The van der Waals surface area contributed by atoms with E-state index in [-0.39, 0.29) is 5.91 Å². The van der Waals surface area contributed by atoms with Gasteiger partial charge in [0.05, 0.1) is 11.9 Å². The third-order valence-corrected chi connectivity index (χ3v) is 2.66. The highest BCUT2D eigenvalue weighted by Gasteiger charge is 2.13. The number of amides is 1. The van der Waals surface area contributed by atoms with Crippen LogP contribution in [0.2, 0.25) is 0 Å². The third-order valence-electron chi connectivity index (χ3n) is 2.66. The molecular formula is C13H15N3O. The second kappa shape index (κ2) is 4.41. The molecule has 1 heterocycles. The maximum atomic E-state index is 12.1. The molecule has 17 heavy (non-hydrogen) atoms. The van der Waals surface area contributed by atoms with Crippen molar-refractivity contribution in [3.8, 4) is 0 Å². The molecule has 2 rings (SSSR count). The molecular weight excluding hydrogens is 214 g/mol. The average molecular weight is 229 g/mol. The van der Waals surface area contributed by atoms with E-state index in [1.54, 1.807) is 12.4 Å². The minimum atomic E-state index is -0.0959. The highest BCUT2D eigenvalue weighted by molar-refractivity contribution is 6.06. The number of nitrogens with one attached hydrogen (secondary N) is 2. The van der Waals surface area contributed by atoms with Gasteiger partial charge in [-0.3, -0.25) is 9.89 Å². The first-order valence-corrected chi connectivity index (χ1v) is 5.46. The summed E-state index contributed by atoms with van der Waals surface area (Å²) >= 11 is 0. The summed E-state index contributed by atoms with van der Waals surface area (Å²) in [6.07, 6.45) is 3.23. The largest absolute Gasteiger partial charge is 0.319 e. The Balaban J connectivity index is 2.31. The zero-order chi connectivity index (χ0) is 12.4. The first-order valence-electron chi connectivity index (χ1n) is 5.46. The van der Waals surface area contributed by atoms with E-state index >= 15 is 0 Å². The number of nitrogens with zero attached hydrogens (tertiary/aromatic N) is 1. The van der Waals surface area contributed by atoms with E-state index < -0.39 is 0 Å². The SMILES string of the molecule is Cc1cc(C)c(C(=O)Nc2cn[nH]c2)c(C)c1. The van der Waals surface area contributed by atoms with Crippen LogP contribution in [0.4, 0.5) is 5.69 Å². The van der Waals surface area contributed by atoms with Gasteiger partial charge in [0.15, 0.2) is 0 Å². The van der Waals surface area contributed by atoms with Crippen molar-refractivity contribution in [2.45, 2.75) is 20.8 Å². The first-order chi connectivity index (χ1) is 8.08. The Bertz CT molecular complexity index is 521. The molecule has 1 aromatic heterocycles. The number of aromatic nitrogens is 2. The molecule has 1 aromatic carbocycles. The fourth-order valence-corrected chi connectivity index (χ4v) is 2.05. The number of aromatic amines is 1. The predicted octanol–water partition coefficient (Wildman–Crippen LogP) is 2.59. The summed E-state index contributed by atoms with van der Waals surface area (Å²) in [5.74, 6) is -0.0959. The fraction of sp³-hybridized carbons (Fsp3) is 0.231. The summed E-state index contributed by atoms with van der Waals surface area (Å²) in [4.78, 5) is 12.1. The zero-order valence-electron chi connectivity index (χ0n) is 10.2. The van der Waals surface area contributed by atoms with Gasteiger partial charge in [0.25, 0.3) is 5.91 Å². The van der Waals surface area contributed by atoms with E-state index in [1.807, 2.05) is 32.9 Å². The van der Waals surface area contributed by atoms with Crippen LogP contribution in [0.1, 0.15) is 27.0 Å². The quantitative estimate of drug-likeness (QED) is 0.831. The minimum Gasteiger partial charge on any atom is -0.319 e. The predicted molar refractivity (Wildman–Crippen MR) is 67.2 cm³/mol. The molecule has 0 saturated heterocycles. The molecule has 0 unspecified atom stereocenters. The lowest BCUT2D eigenvalue weighted by Gasteiger charge is -2.10. The average Bonchev–Trinajstić information content (AvgIpc) is 2.68. The molecule has 0 aliphatic carbocycles. The highest BCUT2D eigenvalue weighted by atomic mass is 16.1. The van der Waals surface area contributed by atoms with Crippen LogP contribution in [0.5, 0.6) is 0 Å². The van der Waals surface area contributed by atoms with Crippen LogP contribution in [0, 0.1) is 20.8 Å². The number of hydrogen-bond donors (Lipinski definition) is 2. The van der Waals surface area contributed by atoms with Crippen molar-refractivity contribution in [2.75, 3.05) is 5.32 Å². The Hall–Kier alpha value is -2.10. The summed E-state index contributed by atoms with van der Waals surface area (Å²) in [5, 5.41) is 9.25. The molecule has 0 bridgehead atoms. The molecule has 0 radical (unpaired) electrons. The number of anilines is 1. The Morgan fingerprint density at radius 2 is 1.88 bits per heavy atom. The molecule has 88 valence electrons. The van der Waals surface area contributed by atoms with E-state index in [9.17, 15) is 4.79 Å². The van der Waals surface area contributed by atoms with Crippen LogP contribution < -0.4 is 5.32 Å². The number of carbonyl (C=O) groups is 1. The summed E-state index contributed by atoms with van der Waals surface area (Å²) in [6, 6.07) is 4.02. The summed E-state index contributed by atoms with van der Waals surface area (Å²) in [7, 11) is 0. The summed E-state index contributed by atoms with van der Waals surface area (Å²) < 4.78 is 0. The molecule has 4 heteroatoms. The molecule has 0 spiro atoms. The van der Waals surface area contributed by atoms with Gasteiger partial charge in [-0.2, -0.15) is 5.10 Å². The van der Waals surface area contributed by atoms with Gasteiger partial charge in [-0.25, -0.2) is 0 Å². The van der Waals surface area contributed by atoms with Gasteiger partial charge in [-0.15, -0.1) is 0 Å². The van der Waals surface area contributed by atoms with Gasteiger partial charge in [-0.05, 0) is 31.9 Å². The van der Waals surface area contributed by atoms with Crippen LogP contribution in [0.25, 0.3) is 0 Å². The van der Waals surface area contributed by atoms with Gasteiger partial charge < -0.3 is 5.32 Å². The Kier molecular flexibility index (Phi) is 2.95. The maximum absolute atomic E-state index is 12.1. The van der Waals surface area contributed by atoms with Gasteiger partial charge >= 0.3 is 0 Å². The number of carbonyl (C=O) groups excluding carboxylic acids is 1. The standard InChI is InChI=1S/C13H15N3O/c1-8-4-9(2)12(10(3)5-8)13(17)16-11-6-14-15-7-11/h4-7H,1-3H3,(H,14,15)(H,16,17). The molecule has 4 nitrogen and oxygen atoms in total. The van der Waals surface area contributed by atoms with Crippen molar-refractivity contribution in [1.82, 2.24) is 10.2 Å². The van der Waals surface area contributed by atoms with Crippen LogP contribution in [-0.4, -0.2) is 16.1 Å². The Morgan fingerprint density at radius 3 is 2.41 bits per heavy atom. The van der Waals surface area contributed by atoms with Crippen LogP contribution in [0.3, 0.4) is 0 Å². The van der Waals surface area contributed by atoms with Crippen molar-refractivity contribution in [3.05, 3.63) is 46.8 Å². The van der Waals surface area contributed by atoms with E-state index in [0.29, 0.717) is 5.69 Å². The first kappa shape index (κ1) is 11.4. The van der Waals surface area contributed by atoms with E-state index in [2.05, 4.69) is 15.5 Å². The molecule has 2 aromatic rings. The molecule has 1 amide bonds. The number of H-pyrrole nitrogens is 1. The molecule has 2 N–H and O–H groups in total. The van der Waals surface area contributed by atoms with E-state index in [1.165, 1.54) is 5.56 Å². The lowest BCUT2D eigenvalue weighted by Crippen LogP contribution is -2.14. The van der Waals surface area contributed by atoms with Crippen LogP contribution in [-0.2, 0) is 0 Å². The van der Waals surface area contributed by atoms with Gasteiger partial charge in [0.2, 0.25) is 0 Å². The van der Waals surface area contributed by atoms with Gasteiger partial charge in [0.1, 0.15) is 0 Å². The number of rotatable bonds is 2. The molecule has 0 aliphatic heterocycles. The van der Waals surface area contributed by atoms with Crippen molar-refractivity contribution in [3.63, 3.8) is 0 Å². The lowest BCUT2D eigenvalue weighted by atomic mass is 9.99. The highest BCUT2D eigenvalue weighted by Crippen LogP contribution is 2.17. The molecule has 0 saturated carbocycles. The number of aryl methyl sites for hydroxylation is 3. The van der Waals surface area contributed by atoms with E-state index in [0.717, 1.165) is 16.7 Å². The van der Waals surface area contributed by atoms with E-state index in [4.69, 9.17) is 0 Å². The van der Waals surface area contributed by atoms with Gasteiger partial charge in [-0.1, -0.05) is 17.7 Å². The Morgan fingerprint density at radius 1 is 1.24 bits per heavy atom. The zero-order valence-corrected chi connectivity index (χ0v) is 10.2. The minimum absolute atomic E-state index is 0.0959. The van der Waals surface area contributed by atoms with Crippen molar-refractivity contribution < 1.29 is 4.79 Å². The monoisotopic (exact) mass is 229 g/mol. The van der Waals surface area contributed by atoms with Crippen LogP contribution in [0.15, 0.2) is 24.5 Å². The van der Waals surface area contributed by atoms with Gasteiger partial charge in [0, 0.05) is 11.8 Å². The normalized spacial score (nSPS) is 10.3. The maximum Gasteiger partial charge on any atom is 0.256 e. The second-order valence-corrected chi connectivity index (χ2v) is 4.21. The lowest BCUT2D eigenvalue weighted by molar-refractivity contribution is 0.102. The van der Waals surface area contributed by atoms with Crippen molar-refractivity contribution in [2.24, 2.45) is 0 Å². The third kappa shape index (κ3) is 2.36. The number of benzene rings is 1. The smallest absolute Gasteiger partial charge is 0.256 e.